The lowest BCUT2D eigenvalue weighted by atomic mass is 10.3. The van der Waals surface area contributed by atoms with E-state index in [2.05, 4.69) is 65.5 Å². The third-order valence-corrected chi connectivity index (χ3v) is 71.3. The van der Waals surface area contributed by atoms with Crippen molar-refractivity contribution in [3.8, 4) is 0 Å². The van der Waals surface area contributed by atoms with Gasteiger partial charge >= 0.3 is 12.1 Å². The van der Waals surface area contributed by atoms with Gasteiger partial charge in [0.2, 0.25) is 6.87 Å². The number of hydrogen-bond donors (Lipinski definition) is 0. The molecule has 0 aliphatic heterocycles. The van der Waals surface area contributed by atoms with Crippen molar-refractivity contribution < 1.29 is 22.4 Å². The summed E-state index contributed by atoms with van der Waals surface area (Å²) in [6, 6.07) is 0. The molecule has 0 aromatic heterocycles. The van der Waals surface area contributed by atoms with Crippen LogP contribution in [0.15, 0.2) is 12.2 Å². The predicted octanol–water partition coefficient (Wildman–Crippen LogP) is 4.84. The van der Waals surface area contributed by atoms with Crippen LogP contribution in [0.3, 0.4) is 0 Å². The van der Waals surface area contributed by atoms with Crippen LogP contribution in [-0.2, 0) is 9.22 Å². The normalized spacial score (nSPS) is 14.7. The molecule has 0 saturated heterocycles. The molecule has 0 amide bonds. The van der Waals surface area contributed by atoms with Crippen LogP contribution in [0, 0.1) is 0 Å². The molecule has 0 radical (unpaired) electrons. The molecule has 0 rings (SSSR count). The first-order valence-electron chi connectivity index (χ1n) is 7.28. The van der Waals surface area contributed by atoms with Crippen molar-refractivity contribution in [2.75, 3.05) is 0 Å². The maximum absolute atomic E-state index is 12.8. The third-order valence-electron chi connectivity index (χ3n) is 4.00. The van der Waals surface area contributed by atoms with Crippen molar-refractivity contribution in [3.63, 3.8) is 0 Å². The van der Waals surface area contributed by atoms with Crippen LogP contribution in [0.5, 0.6) is 0 Å². The highest BCUT2D eigenvalue weighted by Crippen LogP contribution is 2.39. The number of alkyl halides is 3. The molecule has 0 atom stereocenters. The molecule has 130 valence electrons. The molecule has 0 bridgehead atoms. The largest absolute Gasteiger partial charge is 0.524 e. The van der Waals surface area contributed by atoms with Crippen LogP contribution in [0.4, 0.5) is 13.2 Å². The van der Waals surface area contributed by atoms with Gasteiger partial charge in [0.1, 0.15) is 5.57 Å². The van der Waals surface area contributed by atoms with Crippen LogP contribution in [0.25, 0.3) is 0 Å². The van der Waals surface area contributed by atoms with E-state index < -0.39 is 47.4 Å². The van der Waals surface area contributed by atoms with Gasteiger partial charge in [-0.25, -0.2) is 4.79 Å². The van der Waals surface area contributed by atoms with Gasteiger partial charge in [-0.2, -0.15) is 13.2 Å². The van der Waals surface area contributed by atoms with Crippen LogP contribution in [-0.4, -0.2) is 41.8 Å². The second kappa shape index (κ2) is 6.06. The van der Waals surface area contributed by atoms with Gasteiger partial charge in [-0.1, -0.05) is 65.5 Å². The predicted molar refractivity (Wildman–Crippen MR) is 97.1 cm³/mol. The molecular formula is C13H29F3O2Si4. The van der Waals surface area contributed by atoms with Gasteiger partial charge < -0.3 is 4.43 Å². The van der Waals surface area contributed by atoms with Gasteiger partial charge in [-0.3, -0.25) is 0 Å². The summed E-state index contributed by atoms with van der Waals surface area (Å²) in [6.45, 7) is 19.6. The number of rotatable bonds is 5. The second-order valence-electron chi connectivity index (χ2n) is 8.80. The first kappa shape index (κ1) is 21.9. The van der Waals surface area contributed by atoms with Crippen LogP contribution >= 0.6 is 0 Å². The van der Waals surface area contributed by atoms with E-state index in [4.69, 9.17) is 4.43 Å². The monoisotopic (exact) mass is 386 g/mol. The number of carbonyl (C=O) groups excluding carboxylic acids is 1. The number of halogens is 3. The van der Waals surface area contributed by atoms with Crippen molar-refractivity contribution in [2.45, 2.75) is 65.1 Å². The Labute approximate surface area is 135 Å². The van der Waals surface area contributed by atoms with Crippen molar-refractivity contribution in [1.82, 2.24) is 0 Å². The van der Waals surface area contributed by atoms with Crippen LogP contribution in [0.2, 0.25) is 58.9 Å². The Morgan fingerprint density at radius 1 is 0.818 bits per heavy atom. The molecule has 0 N–H and O–H groups in total. The average molecular weight is 387 g/mol. The maximum Gasteiger partial charge on any atom is 0.422 e. The summed E-state index contributed by atoms with van der Waals surface area (Å²) in [6.07, 6.45) is -4.73. The second-order valence-corrected chi connectivity index (χ2v) is 48.2. The molecule has 2 nitrogen and oxygen atoms in total. The zero-order valence-electron chi connectivity index (χ0n) is 15.2. The van der Waals surface area contributed by atoms with E-state index in [0.717, 1.165) is 0 Å². The van der Waals surface area contributed by atoms with Gasteiger partial charge in [0.05, 0.1) is 22.8 Å². The zero-order chi connectivity index (χ0) is 18.4. The Hall–Kier alpha value is -0.132. The molecular weight excluding hydrogens is 357 g/mol. The summed E-state index contributed by atoms with van der Waals surface area (Å²) < 4.78 is 44.3. The molecule has 0 saturated carbocycles. The summed E-state index contributed by atoms with van der Waals surface area (Å²) in [5.41, 5.74) is -1.38. The fourth-order valence-corrected chi connectivity index (χ4v) is 96.8. The molecule has 22 heavy (non-hydrogen) atoms. The third kappa shape index (κ3) is 4.03. The van der Waals surface area contributed by atoms with E-state index in [-0.39, 0.29) is 0 Å². The Bertz CT molecular complexity index is 418. The minimum atomic E-state index is -4.73. The van der Waals surface area contributed by atoms with Crippen LogP contribution < -0.4 is 0 Å². The Balaban J connectivity index is 6.16. The fraction of sp³-hybridized carbons (Fsp3) is 0.769. The summed E-state index contributed by atoms with van der Waals surface area (Å²) >= 11 is 0. The molecule has 0 heterocycles. The number of hydrogen-bond acceptors (Lipinski definition) is 2. The van der Waals surface area contributed by atoms with E-state index in [9.17, 15) is 18.0 Å². The average Bonchev–Trinajstić information content (AvgIpc) is 2.17. The lowest BCUT2D eigenvalue weighted by molar-refractivity contribution is -0.142. The Kier molecular flexibility index (Phi) is 6.02. The van der Waals surface area contributed by atoms with E-state index in [1.54, 1.807) is 0 Å². The topological polar surface area (TPSA) is 26.3 Å². The lowest BCUT2D eigenvalue weighted by Gasteiger charge is -2.55. The maximum atomic E-state index is 12.8. The van der Waals surface area contributed by atoms with Gasteiger partial charge in [0, 0.05) is 0 Å². The fourth-order valence-electron chi connectivity index (χ4n) is 4.15. The Morgan fingerprint density at radius 3 is 1.27 bits per heavy atom. The minimum Gasteiger partial charge on any atom is -0.524 e. The van der Waals surface area contributed by atoms with E-state index in [1.807, 2.05) is 0 Å². The SMILES string of the molecule is C=C(C(=O)O[Si]([Si](C)(C)C)([Si](C)(C)C)[Si](C)(C)C)C(F)(F)F. The molecule has 0 spiro atoms. The van der Waals surface area contributed by atoms with Gasteiger partial charge in [-0.15, -0.1) is 0 Å². The van der Waals surface area contributed by atoms with Crippen molar-refractivity contribution in [2.24, 2.45) is 0 Å². The highest BCUT2D eigenvalue weighted by molar-refractivity contribution is 7.87. The molecule has 0 fully saturated rings. The molecule has 0 aromatic rings. The molecule has 0 unspecified atom stereocenters. The Morgan fingerprint density at radius 2 is 1.09 bits per heavy atom. The first-order chi connectivity index (χ1) is 9.29. The molecule has 9 heteroatoms. The highest BCUT2D eigenvalue weighted by atomic mass is 29.9. The molecule has 0 aliphatic carbocycles. The van der Waals surface area contributed by atoms with Crippen molar-refractivity contribution >= 4 is 35.6 Å². The zero-order valence-corrected chi connectivity index (χ0v) is 19.2. The summed E-state index contributed by atoms with van der Waals surface area (Å²) in [7, 11) is -5.89. The lowest BCUT2D eigenvalue weighted by Crippen LogP contribution is -2.84. The van der Waals surface area contributed by atoms with E-state index >= 15 is 0 Å². The quantitative estimate of drug-likeness (QED) is 0.499. The van der Waals surface area contributed by atoms with Gasteiger partial charge in [-0.05, 0) is 0 Å². The number of carbonyl (C=O) groups is 1. The van der Waals surface area contributed by atoms with Crippen LogP contribution in [0.1, 0.15) is 0 Å². The van der Waals surface area contributed by atoms with E-state index in [1.165, 1.54) is 0 Å². The summed E-state index contributed by atoms with van der Waals surface area (Å²) in [5, 5.41) is 0. The summed E-state index contributed by atoms with van der Waals surface area (Å²) in [5.74, 6) is -1.24. The van der Waals surface area contributed by atoms with Gasteiger partial charge in [0.25, 0.3) is 0 Å². The van der Waals surface area contributed by atoms with Crippen molar-refractivity contribution in [3.05, 3.63) is 12.2 Å². The smallest absolute Gasteiger partial charge is 0.422 e. The minimum absolute atomic E-state index is 1.24. The first-order valence-corrected chi connectivity index (χ1v) is 22.7. The van der Waals surface area contributed by atoms with Gasteiger partial charge in [0.15, 0.2) is 0 Å². The molecule has 0 aliphatic rings. The van der Waals surface area contributed by atoms with E-state index in [0.29, 0.717) is 0 Å². The standard InChI is InChI=1S/C13H29F3O2Si4/c1-11(13(14,15)16)12(17)18-22(19(2,3)4,20(5,6)7)21(8,9)10/h1H2,2-10H3. The summed E-state index contributed by atoms with van der Waals surface area (Å²) in [4.78, 5) is 12.2. The molecule has 0 aromatic carbocycles. The van der Waals surface area contributed by atoms with Crippen molar-refractivity contribution in [1.29, 1.82) is 0 Å². The highest BCUT2D eigenvalue weighted by Gasteiger charge is 2.66.